The van der Waals surface area contributed by atoms with Crippen molar-refractivity contribution in [3.63, 3.8) is 0 Å². The van der Waals surface area contributed by atoms with E-state index in [1.54, 1.807) is 18.2 Å². The molecule has 0 atom stereocenters. The van der Waals surface area contributed by atoms with Crippen LogP contribution in [0.15, 0.2) is 170 Å². The summed E-state index contributed by atoms with van der Waals surface area (Å²) in [4.78, 5) is 10.5. The predicted octanol–water partition coefficient (Wildman–Crippen LogP) is 11.4. The molecule has 0 aliphatic heterocycles. The molecule has 0 saturated heterocycles. The van der Waals surface area contributed by atoms with E-state index < -0.39 is 0 Å². The lowest BCUT2D eigenvalue weighted by Crippen LogP contribution is -2.04. The van der Waals surface area contributed by atoms with Crippen LogP contribution in [0.25, 0.3) is 88.9 Å². The first-order valence-electron chi connectivity index (χ1n) is 17.7. The van der Waals surface area contributed by atoms with Gasteiger partial charge in [0.1, 0.15) is 0 Å². The molecule has 250 valence electrons. The van der Waals surface area contributed by atoms with Gasteiger partial charge in [0.15, 0.2) is 0 Å². The van der Waals surface area contributed by atoms with Crippen LogP contribution >= 0.6 is 0 Å². The SMILES string of the molecule is N#Cc1cccc(C#N)c1-c1cccc(-n2c3ccccc3c3ccc4c(c5ccccc5n4-c4nc(-c5ccccc5)cc(-c5ccccc5)n4)c32)c1. The van der Waals surface area contributed by atoms with Crippen LogP contribution in [-0.2, 0) is 0 Å². The maximum absolute atomic E-state index is 10.0. The largest absolute Gasteiger partial charge is 0.309 e. The molecule has 0 aliphatic rings. The number of aromatic nitrogens is 4. The number of nitrogens with zero attached hydrogens (tertiary/aromatic N) is 6. The fourth-order valence-corrected chi connectivity index (χ4v) is 7.89. The van der Waals surface area contributed by atoms with Crippen molar-refractivity contribution in [2.45, 2.75) is 0 Å². The average Bonchev–Trinajstić information content (AvgIpc) is 3.77. The summed E-state index contributed by atoms with van der Waals surface area (Å²) in [5.74, 6) is 0.586. The molecular formula is C48H28N6. The highest BCUT2D eigenvalue weighted by Crippen LogP contribution is 2.42. The highest BCUT2D eigenvalue weighted by molar-refractivity contribution is 6.26. The maximum Gasteiger partial charge on any atom is 0.235 e. The van der Waals surface area contributed by atoms with Crippen LogP contribution in [0, 0.1) is 22.7 Å². The molecule has 0 aliphatic carbocycles. The number of rotatable bonds is 5. The molecule has 0 radical (unpaired) electrons. The monoisotopic (exact) mass is 688 g/mol. The standard InChI is InChI=1S/C48H28N6/c49-29-34-18-11-19-35(30-50)45(34)33-17-12-20-36(27-33)53-42-23-9-7-21-37(42)38-25-26-44-46(47(38)53)39-22-8-10-24-43(39)54(44)48-51-40(31-13-3-1-4-14-31)28-41(52-48)32-15-5-2-6-16-32/h1-28H. The van der Waals surface area contributed by atoms with E-state index in [2.05, 4.69) is 124 Å². The van der Waals surface area contributed by atoms with E-state index in [1.807, 2.05) is 48.5 Å². The van der Waals surface area contributed by atoms with Crippen LogP contribution in [-0.4, -0.2) is 19.1 Å². The first-order chi connectivity index (χ1) is 26.7. The molecule has 0 unspecified atom stereocenters. The average molecular weight is 689 g/mol. The fourth-order valence-electron chi connectivity index (χ4n) is 7.89. The molecule has 10 rings (SSSR count). The van der Waals surface area contributed by atoms with Gasteiger partial charge in [0.2, 0.25) is 5.95 Å². The van der Waals surface area contributed by atoms with Crippen molar-refractivity contribution in [3.05, 3.63) is 181 Å². The van der Waals surface area contributed by atoms with Crippen molar-refractivity contribution < 1.29 is 0 Å². The molecule has 0 bridgehead atoms. The highest BCUT2D eigenvalue weighted by Gasteiger charge is 2.23. The maximum atomic E-state index is 10.0. The van der Waals surface area contributed by atoms with Gasteiger partial charge in [-0.2, -0.15) is 10.5 Å². The van der Waals surface area contributed by atoms with E-state index in [4.69, 9.17) is 9.97 Å². The lowest BCUT2D eigenvalue weighted by Gasteiger charge is -2.13. The third kappa shape index (κ3) is 4.79. The zero-order chi connectivity index (χ0) is 36.2. The van der Waals surface area contributed by atoms with Gasteiger partial charge in [-0.05, 0) is 54.1 Å². The summed E-state index contributed by atoms with van der Waals surface area (Å²) in [5.41, 5.74) is 11.1. The molecule has 3 aromatic heterocycles. The second kappa shape index (κ2) is 12.5. The first-order valence-corrected chi connectivity index (χ1v) is 17.7. The molecule has 0 saturated carbocycles. The van der Waals surface area contributed by atoms with Crippen molar-refractivity contribution in [3.8, 4) is 57.4 Å². The molecule has 0 amide bonds. The Morgan fingerprint density at radius 3 is 1.63 bits per heavy atom. The van der Waals surface area contributed by atoms with E-state index in [1.165, 1.54) is 0 Å². The van der Waals surface area contributed by atoms with Gasteiger partial charge >= 0.3 is 0 Å². The Hall–Kier alpha value is -7.80. The number of fused-ring (bicyclic) bond motifs is 7. The van der Waals surface area contributed by atoms with Crippen LogP contribution in [0.5, 0.6) is 0 Å². The van der Waals surface area contributed by atoms with Crippen LogP contribution in [0.2, 0.25) is 0 Å². The number of hydrogen-bond acceptors (Lipinski definition) is 4. The van der Waals surface area contributed by atoms with Gasteiger partial charge in [-0.25, -0.2) is 9.97 Å². The van der Waals surface area contributed by atoms with Gasteiger partial charge in [-0.3, -0.25) is 4.57 Å². The van der Waals surface area contributed by atoms with Crippen LogP contribution in [0.1, 0.15) is 11.1 Å². The smallest absolute Gasteiger partial charge is 0.235 e. The molecule has 0 fully saturated rings. The Bertz CT molecular complexity index is 3090. The number of benzene rings is 7. The summed E-state index contributed by atoms with van der Waals surface area (Å²) in [6.07, 6.45) is 0. The number of hydrogen-bond donors (Lipinski definition) is 0. The highest BCUT2D eigenvalue weighted by atomic mass is 15.2. The zero-order valence-electron chi connectivity index (χ0n) is 28.8. The molecule has 3 heterocycles. The summed E-state index contributed by atoms with van der Waals surface area (Å²) >= 11 is 0. The first kappa shape index (κ1) is 31.0. The van der Waals surface area contributed by atoms with E-state index in [0.29, 0.717) is 22.6 Å². The summed E-state index contributed by atoms with van der Waals surface area (Å²) in [6, 6.07) is 61.9. The van der Waals surface area contributed by atoms with Crippen molar-refractivity contribution in [1.82, 2.24) is 19.1 Å². The van der Waals surface area contributed by atoms with Crippen LogP contribution in [0.3, 0.4) is 0 Å². The molecule has 6 heteroatoms. The minimum Gasteiger partial charge on any atom is -0.309 e. The van der Waals surface area contributed by atoms with Gasteiger partial charge in [-0.1, -0.05) is 121 Å². The molecule has 0 N–H and O–H groups in total. The Morgan fingerprint density at radius 1 is 0.426 bits per heavy atom. The van der Waals surface area contributed by atoms with E-state index in [9.17, 15) is 10.5 Å². The van der Waals surface area contributed by atoms with Crippen LogP contribution in [0.4, 0.5) is 0 Å². The van der Waals surface area contributed by atoms with Crippen molar-refractivity contribution in [2.24, 2.45) is 0 Å². The summed E-state index contributed by atoms with van der Waals surface area (Å²) in [5, 5.41) is 24.5. The van der Waals surface area contributed by atoms with Gasteiger partial charge < -0.3 is 4.57 Å². The Kier molecular flexibility index (Phi) is 7.15. The van der Waals surface area contributed by atoms with Crippen molar-refractivity contribution >= 4 is 43.6 Å². The minimum atomic E-state index is 0.464. The molecule has 54 heavy (non-hydrogen) atoms. The second-order valence-electron chi connectivity index (χ2n) is 13.2. The topological polar surface area (TPSA) is 83.2 Å². The fraction of sp³-hybridized carbons (Fsp3) is 0. The quantitative estimate of drug-likeness (QED) is 0.180. The molecule has 10 aromatic rings. The van der Waals surface area contributed by atoms with Gasteiger partial charge in [0.25, 0.3) is 0 Å². The number of para-hydroxylation sites is 2. The van der Waals surface area contributed by atoms with Gasteiger partial charge in [-0.15, -0.1) is 0 Å². The Labute approximate surface area is 310 Å². The third-order valence-electron chi connectivity index (χ3n) is 10.2. The predicted molar refractivity (Wildman–Crippen MR) is 216 cm³/mol. The lowest BCUT2D eigenvalue weighted by atomic mass is 9.95. The van der Waals surface area contributed by atoms with E-state index in [0.717, 1.165) is 77.4 Å². The van der Waals surface area contributed by atoms with E-state index >= 15 is 0 Å². The lowest BCUT2D eigenvalue weighted by molar-refractivity contribution is 0.996. The summed E-state index contributed by atoms with van der Waals surface area (Å²) in [7, 11) is 0. The molecular weight excluding hydrogens is 661 g/mol. The van der Waals surface area contributed by atoms with Crippen molar-refractivity contribution in [1.29, 1.82) is 10.5 Å². The second-order valence-corrected chi connectivity index (χ2v) is 13.2. The Balaban J connectivity index is 1.30. The molecule has 7 aromatic carbocycles. The number of nitriles is 2. The zero-order valence-corrected chi connectivity index (χ0v) is 28.8. The van der Waals surface area contributed by atoms with E-state index in [-0.39, 0.29) is 0 Å². The van der Waals surface area contributed by atoms with Gasteiger partial charge in [0.05, 0.1) is 56.7 Å². The normalized spacial score (nSPS) is 11.3. The Morgan fingerprint density at radius 2 is 0.981 bits per heavy atom. The molecule has 6 nitrogen and oxygen atoms in total. The summed E-state index contributed by atoms with van der Waals surface area (Å²) in [6.45, 7) is 0. The third-order valence-corrected chi connectivity index (χ3v) is 10.2. The van der Waals surface area contributed by atoms with Crippen molar-refractivity contribution in [2.75, 3.05) is 0 Å². The minimum absolute atomic E-state index is 0.464. The van der Waals surface area contributed by atoms with Crippen LogP contribution < -0.4 is 0 Å². The molecule has 0 spiro atoms. The van der Waals surface area contributed by atoms with Gasteiger partial charge in [0, 0.05) is 43.9 Å². The summed E-state index contributed by atoms with van der Waals surface area (Å²) < 4.78 is 4.49.